The fourth-order valence-corrected chi connectivity index (χ4v) is 4.91. The van der Waals surface area contributed by atoms with Gasteiger partial charge in [-0.15, -0.1) is 0 Å². The van der Waals surface area contributed by atoms with Crippen LogP contribution in [0.2, 0.25) is 0 Å². The van der Waals surface area contributed by atoms with Crippen LogP contribution in [0.1, 0.15) is 31.7 Å². The van der Waals surface area contributed by atoms with Crippen molar-refractivity contribution in [3.63, 3.8) is 0 Å². The largest absolute Gasteiger partial charge is 0.385 e. The Morgan fingerprint density at radius 3 is 2.59 bits per heavy atom. The molecule has 0 aromatic heterocycles. The molecule has 2 amide bonds. The lowest BCUT2D eigenvalue weighted by Gasteiger charge is -2.16. The van der Waals surface area contributed by atoms with Crippen molar-refractivity contribution in [2.24, 2.45) is 0 Å². The Morgan fingerprint density at radius 2 is 1.89 bits per heavy atom. The topological polar surface area (TPSA) is 49.9 Å². The maximum absolute atomic E-state index is 13.2. The number of rotatable bonds is 7. The Morgan fingerprint density at radius 1 is 1.15 bits per heavy atom. The molecule has 1 aromatic rings. The van der Waals surface area contributed by atoms with Gasteiger partial charge in [-0.1, -0.05) is 53.3 Å². The van der Waals surface area contributed by atoms with Gasteiger partial charge in [0.25, 0.3) is 11.8 Å². The number of fused-ring (bicyclic) bond motifs is 1. The molecule has 2 heterocycles. The number of methoxy groups -OCH3 is 1. The number of amides is 2. The van der Waals surface area contributed by atoms with E-state index in [1.807, 2.05) is 18.2 Å². The van der Waals surface area contributed by atoms with E-state index in [0.29, 0.717) is 40.9 Å². The Balaban J connectivity index is 2.00. The Hall–Kier alpha value is -1.22. The van der Waals surface area contributed by atoms with Crippen LogP contribution in [0.15, 0.2) is 27.6 Å². The van der Waals surface area contributed by atoms with Crippen molar-refractivity contribution in [2.75, 3.05) is 31.7 Å². The highest BCUT2D eigenvalue weighted by molar-refractivity contribution is 9.10. The third-order valence-electron chi connectivity index (χ3n) is 4.52. The average molecular weight is 469 g/mol. The highest BCUT2D eigenvalue weighted by Crippen LogP contribution is 2.45. The Kier molecular flexibility index (Phi) is 6.73. The molecule has 1 fully saturated rings. The number of nitrogens with zero attached hydrogens (tertiary/aromatic N) is 2. The number of hydrogen-bond donors (Lipinski definition) is 0. The predicted octanol–water partition coefficient (Wildman–Crippen LogP) is 4.20. The second-order valence-electron chi connectivity index (χ2n) is 6.35. The zero-order chi connectivity index (χ0) is 19.6. The Bertz CT molecular complexity index is 825. The first-order chi connectivity index (χ1) is 13.0. The molecule has 5 nitrogen and oxygen atoms in total. The quantitative estimate of drug-likeness (QED) is 0.340. The highest BCUT2D eigenvalue weighted by Gasteiger charge is 2.41. The normalized spacial score (nSPS) is 19.4. The zero-order valence-corrected chi connectivity index (χ0v) is 18.5. The summed E-state index contributed by atoms with van der Waals surface area (Å²) in [6, 6.07) is 5.76. The van der Waals surface area contributed by atoms with E-state index >= 15 is 0 Å². The minimum Gasteiger partial charge on any atom is -0.385 e. The maximum atomic E-state index is 13.2. The van der Waals surface area contributed by atoms with E-state index in [9.17, 15) is 9.59 Å². The van der Waals surface area contributed by atoms with Gasteiger partial charge >= 0.3 is 0 Å². The number of unbranched alkanes of at least 4 members (excludes halogenated alkanes) is 1. The molecule has 1 saturated heterocycles. The first-order valence-corrected chi connectivity index (χ1v) is 10.9. The van der Waals surface area contributed by atoms with Crippen LogP contribution in [0.3, 0.4) is 0 Å². The van der Waals surface area contributed by atoms with Gasteiger partial charge in [0.05, 0.1) is 16.2 Å². The van der Waals surface area contributed by atoms with Gasteiger partial charge < -0.3 is 9.64 Å². The van der Waals surface area contributed by atoms with E-state index < -0.39 is 0 Å². The van der Waals surface area contributed by atoms with Crippen LogP contribution in [0, 0.1) is 0 Å². The first kappa shape index (κ1) is 20.5. The van der Waals surface area contributed by atoms with Crippen LogP contribution in [-0.4, -0.2) is 47.8 Å². The monoisotopic (exact) mass is 468 g/mol. The molecule has 1 aromatic carbocycles. The summed E-state index contributed by atoms with van der Waals surface area (Å²) in [4.78, 5) is 30.0. The summed E-state index contributed by atoms with van der Waals surface area (Å²) < 4.78 is 6.43. The number of ether oxygens (including phenoxy) is 1. The lowest BCUT2D eigenvalue weighted by Crippen LogP contribution is -2.31. The summed E-state index contributed by atoms with van der Waals surface area (Å²) in [6.07, 6.45) is 2.60. The van der Waals surface area contributed by atoms with Gasteiger partial charge in [-0.3, -0.25) is 14.5 Å². The van der Waals surface area contributed by atoms with E-state index in [4.69, 9.17) is 17.0 Å². The highest BCUT2D eigenvalue weighted by atomic mass is 79.9. The second kappa shape index (κ2) is 8.86. The third-order valence-corrected chi connectivity index (χ3v) is 6.46. The molecule has 144 valence electrons. The van der Waals surface area contributed by atoms with Crippen molar-refractivity contribution >= 4 is 67.3 Å². The number of carbonyl (C=O) groups is 2. The van der Waals surface area contributed by atoms with Gasteiger partial charge in [-0.2, -0.15) is 0 Å². The summed E-state index contributed by atoms with van der Waals surface area (Å²) in [7, 11) is 1.63. The molecule has 0 radical (unpaired) electrons. The fraction of sp³-hybridized carbons (Fsp3) is 0.421. The molecule has 3 rings (SSSR count). The summed E-state index contributed by atoms with van der Waals surface area (Å²) in [5.74, 6) is -0.304. The van der Waals surface area contributed by atoms with Crippen LogP contribution >= 0.6 is 39.9 Å². The van der Waals surface area contributed by atoms with Gasteiger partial charge in [-0.25, -0.2) is 0 Å². The van der Waals surface area contributed by atoms with Gasteiger partial charge in [0.1, 0.15) is 4.32 Å². The summed E-state index contributed by atoms with van der Waals surface area (Å²) in [5, 5.41) is 0. The van der Waals surface area contributed by atoms with Crippen molar-refractivity contribution in [3.8, 4) is 0 Å². The molecular formula is C19H21BrN2O3S2. The number of thiocarbonyl (C=S) groups is 1. The number of hydrogen-bond acceptors (Lipinski definition) is 5. The molecule has 0 saturated carbocycles. The van der Waals surface area contributed by atoms with E-state index in [2.05, 4.69) is 22.9 Å². The summed E-state index contributed by atoms with van der Waals surface area (Å²) >= 11 is 10.1. The van der Waals surface area contributed by atoms with Gasteiger partial charge in [0.15, 0.2) is 0 Å². The van der Waals surface area contributed by atoms with Crippen LogP contribution in [0.4, 0.5) is 5.69 Å². The van der Waals surface area contributed by atoms with Crippen LogP contribution < -0.4 is 4.90 Å². The van der Waals surface area contributed by atoms with Crippen LogP contribution in [0.25, 0.3) is 5.57 Å². The molecule has 0 bridgehead atoms. The molecule has 2 aliphatic rings. The third kappa shape index (κ3) is 3.99. The molecule has 2 aliphatic heterocycles. The van der Waals surface area contributed by atoms with Crippen LogP contribution in [0.5, 0.6) is 0 Å². The molecule has 27 heavy (non-hydrogen) atoms. The lowest BCUT2D eigenvalue weighted by atomic mass is 10.1. The van der Waals surface area contributed by atoms with Crippen molar-refractivity contribution in [3.05, 3.63) is 33.1 Å². The fourth-order valence-electron chi connectivity index (χ4n) is 3.17. The number of benzene rings is 1. The van der Waals surface area contributed by atoms with E-state index in [-0.39, 0.29) is 11.8 Å². The molecule has 8 heteroatoms. The standard InChI is InChI=1S/C19H21BrN2O3S2/c1-3-4-8-21-14-7-6-12(20)11-13(14)15(17(21)23)16-18(24)22(19(26)27-16)9-5-10-25-2/h6-7,11H,3-5,8-10H2,1-2H3. The van der Waals surface area contributed by atoms with Crippen molar-refractivity contribution in [1.82, 2.24) is 4.90 Å². The van der Waals surface area contributed by atoms with Gasteiger partial charge in [-0.05, 0) is 31.0 Å². The minimum atomic E-state index is -0.187. The average Bonchev–Trinajstić information content (AvgIpc) is 3.06. The molecule has 0 aliphatic carbocycles. The van der Waals surface area contributed by atoms with Gasteiger partial charge in [0.2, 0.25) is 0 Å². The van der Waals surface area contributed by atoms with Crippen molar-refractivity contribution < 1.29 is 14.3 Å². The van der Waals surface area contributed by atoms with E-state index in [1.54, 1.807) is 16.9 Å². The van der Waals surface area contributed by atoms with Crippen molar-refractivity contribution in [1.29, 1.82) is 0 Å². The molecule has 0 N–H and O–H groups in total. The molecule has 0 atom stereocenters. The summed E-state index contributed by atoms with van der Waals surface area (Å²) in [6.45, 7) is 3.79. The zero-order valence-electron chi connectivity index (χ0n) is 15.3. The number of carbonyl (C=O) groups excluding carboxylic acids is 2. The summed E-state index contributed by atoms with van der Waals surface area (Å²) in [5.41, 5.74) is 2.12. The van der Waals surface area contributed by atoms with E-state index in [1.165, 1.54) is 11.8 Å². The number of anilines is 1. The molecular weight excluding hydrogens is 448 g/mol. The molecule has 0 spiro atoms. The predicted molar refractivity (Wildman–Crippen MR) is 117 cm³/mol. The van der Waals surface area contributed by atoms with Crippen LogP contribution in [-0.2, 0) is 14.3 Å². The number of halogens is 1. The van der Waals surface area contributed by atoms with Gasteiger partial charge in [0, 0.05) is 36.8 Å². The minimum absolute atomic E-state index is 0.117. The second-order valence-corrected chi connectivity index (χ2v) is 8.91. The number of thioether (sulfide) groups is 1. The first-order valence-electron chi connectivity index (χ1n) is 8.88. The van der Waals surface area contributed by atoms with E-state index in [0.717, 1.165) is 28.6 Å². The SMILES string of the molecule is CCCCN1C(=O)C(=C2SC(=S)N(CCCOC)C2=O)c2cc(Br)ccc21. The van der Waals surface area contributed by atoms with Crippen molar-refractivity contribution in [2.45, 2.75) is 26.2 Å². The lowest BCUT2D eigenvalue weighted by molar-refractivity contribution is -0.122. The smallest absolute Gasteiger partial charge is 0.267 e. The maximum Gasteiger partial charge on any atom is 0.267 e. The molecule has 0 unspecified atom stereocenters. The Labute approximate surface area is 177 Å².